The molecule has 0 aliphatic heterocycles. The minimum Gasteiger partial charge on any atom is -0.444 e. The van der Waals surface area contributed by atoms with Gasteiger partial charge in [0.2, 0.25) is 0 Å². The zero-order valence-corrected chi connectivity index (χ0v) is 21.8. The third kappa shape index (κ3) is 30.9. The van der Waals surface area contributed by atoms with E-state index in [1.54, 1.807) is 0 Å². The Balaban J connectivity index is 3.09. The fraction of sp³-hybridized carbons (Fsp3) is 0.957. The number of nitrogens with one attached hydrogen (secondary N) is 1. The van der Waals surface area contributed by atoms with E-state index in [1.165, 1.54) is 0 Å². The van der Waals surface area contributed by atoms with Crippen LogP contribution in [0.25, 0.3) is 0 Å². The molecule has 0 rings (SSSR count). The number of aliphatic hydroxyl groups excluding tert-OH is 1. The second-order valence-electron chi connectivity index (χ2n) is 8.05. The molecule has 12 heteroatoms. The molecule has 0 aromatic rings. The molecule has 0 aromatic carbocycles. The van der Waals surface area contributed by atoms with Crippen LogP contribution in [0.15, 0.2) is 0 Å². The quantitative estimate of drug-likeness (QED) is 0.158. The first-order chi connectivity index (χ1) is 17.0. The highest BCUT2D eigenvalue weighted by atomic mass is 16.6. The summed E-state index contributed by atoms with van der Waals surface area (Å²) in [7, 11) is 0. The van der Waals surface area contributed by atoms with E-state index in [9.17, 15) is 4.79 Å². The summed E-state index contributed by atoms with van der Waals surface area (Å²) >= 11 is 0. The van der Waals surface area contributed by atoms with Crippen molar-refractivity contribution in [2.75, 3.05) is 119 Å². The maximum absolute atomic E-state index is 11.4. The third-order valence-electron chi connectivity index (χ3n) is 3.75. The largest absolute Gasteiger partial charge is 0.444 e. The van der Waals surface area contributed by atoms with Crippen LogP contribution in [0.5, 0.6) is 0 Å². The minimum atomic E-state index is -0.507. The van der Waals surface area contributed by atoms with E-state index in [-0.39, 0.29) is 6.61 Å². The molecule has 0 bridgehead atoms. The summed E-state index contributed by atoms with van der Waals surface area (Å²) in [5.74, 6) is 0. The van der Waals surface area contributed by atoms with E-state index in [1.807, 2.05) is 20.8 Å². The van der Waals surface area contributed by atoms with Crippen LogP contribution in [0.4, 0.5) is 4.79 Å². The molecular formula is C23H47NO11. The molecule has 0 heterocycles. The van der Waals surface area contributed by atoms with Gasteiger partial charge in [-0.25, -0.2) is 4.79 Å². The molecule has 2 N–H and O–H groups in total. The topological polar surface area (TPSA) is 132 Å². The second-order valence-corrected chi connectivity index (χ2v) is 8.05. The lowest BCUT2D eigenvalue weighted by atomic mass is 10.2. The molecule has 0 saturated heterocycles. The van der Waals surface area contributed by atoms with Crippen molar-refractivity contribution in [2.45, 2.75) is 26.4 Å². The van der Waals surface area contributed by atoms with Gasteiger partial charge in [-0.3, -0.25) is 0 Å². The Morgan fingerprint density at radius 2 is 0.829 bits per heavy atom. The number of hydrogen-bond acceptors (Lipinski definition) is 11. The van der Waals surface area contributed by atoms with E-state index in [0.717, 1.165) is 0 Å². The summed E-state index contributed by atoms with van der Waals surface area (Å²) < 4.78 is 47.9. The SMILES string of the molecule is CC(C)(C)OC(=O)NCCOCCOCCOCCOCCOCCOCCOCCOCCO. The molecule has 0 aliphatic rings. The number of alkyl carbamates (subject to hydrolysis) is 1. The van der Waals surface area contributed by atoms with E-state index < -0.39 is 11.7 Å². The lowest BCUT2D eigenvalue weighted by Crippen LogP contribution is -2.34. The third-order valence-corrected chi connectivity index (χ3v) is 3.75. The number of ether oxygens (including phenoxy) is 9. The highest BCUT2D eigenvalue weighted by Gasteiger charge is 2.15. The summed E-state index contributed by atoms with van der Waals surface area (Å²) in [6.45, 7) is 13.4. The molecule has 0 saturated carbocycles. The summed E-state index contributed by atoms with van der Waals surface area (Å²) in [6.07, 6.45) is -0.451. The molecule has 0 spiro atoms. The summed E-state index contributed by atoms with van der Waals surface area (Å²) in [5, 5.41) is 11.2. The van der Waals surface area contributed by atoms with Gasteiger partial charge in [0.25, 0.3) is 0 Å². The monoisotopic (exact) mass is 513 g/mol. The first kappa shape index (κ1) is 33.9. The molecule has 210 valence electrons. The number of aliphatic hydroxyl groups is 1. The zero-order valence-electron chi connectivity index (χ0n) is 21.8. The lowest BCUT2D eigenvalue weighted by molar-refractivity contribution is -0.0237. The average molecular weight is 514 g/mol. The van der Waals surface area contributed by atoms with Crippen LogP contribution in [0, 0.1) is 0 Å². The zero-order chi connectivity index (χ0) is 25.9. The van der Waals surface area contributed by atoms with Crippen LogP contribution in [0.1, 0.15) is 20.8 Å². The number of amides is 1. The Hall–Kier alpha value is -1.09. The van der Waals surface area contributed by atoms with Gasteiger partial charge in [-0.05, 0) is 20.8 Å². The number of rotatable bonds is 26. The summed E-state index contributed by atoms with van der Waals surface area (Å²) in [6, 6.07) is 0. The van der Waals surface area contributed by atoms with Crippen LogP contribution >= 0.6 is 0 Å². The predicted molar refractivity (Wildman–Crippen MR) is 128 cm³/mol. The maximum Gasteiger partial charge on any atom is 0.407 e. The van der Waals surface area contributed by atoms with Crippen LogP contribution in [-0.2, 0) is 42.6 Å². The normalized spacial score (nSPS) is 11.7. The van der Waals surface area contributed by atoms with Gasteiger partial charge in [0, 0.05) is 6.54 Å². The fourth-order valence-electron chi connectivity index (χ4n) is 2.25. The maximum atomic E-state index is 11.4. The Morgan fingerprint density at radius 3 is 1.11 bits per heavy atom. The van der Waals surface area contributed by atoms with Gasteiger partial charge in [-0.15, -0.1) is 0 Å². The highest BCUT2D eigenvalue weighted by molar-refractivity contribution is 5.67. The van der Waals surface area contributed by atoms with Crippen molar-refractivity contribution in [2.24, 2.45) is 0 Å². The standard InChI is InChI=1S/C23H47NO11/c1-23(2,3)35-22(26)24-4-6-27-8-10-29-12-14-31-16-18-33-20-21-34-19-17-32-15-13-30-11-9-28-7-5-25/h25H,4-21H2,1-3H3,(H,24,26). The van der Waals surface area contributed by atoms with Crippen LogP contribution < -0.4 is 5.32 Å². The average Bonchev–Trinajstić information content (AvgIpc) is 2.80. The molecule has 0 fully saturated rings. The first-order valence-corrected chi connectivity index (χ1v) is 12.2. The lowest BCUT2D eigenvalue weighted by Gasteiger charge is -2.19. The van der Waals surface area contributed by atoms with Crippen LogP contribution in [0.2, 0.25) is 0 Å². The van der Waals surface area contributed by atoms with Gasteiger partial charge in [0.1, 0.15) is 5.60 Å². The van der Waals surface area contributed by atoms with Crippen molar-refractivity contribution in [1.82, 2.24) is 5.32 Å². The van der Waals surface area contributed by atoms with Crippen LogP contribution in [0.3, 0.4) is 0 Å². The Morgan fingerprint density at radius 1 is 0.543 bits per heavy atom. The molecule has 0 aliphatic carbocycles. The van der Waals surface area contributed by atoms with Crippen LogP contribution in [-0.4, -0.2) is 136 Å². The van der Waals surface area contributed by atoms with Gasteiger partial charge in [-0.1, -0.05) is 0 Å². The van der Waals surface area contributed by atoms with Gasteiger partial charge in [0.05, 0.1) is 112 Å². The van der Waals surface area contributed by atoms with Crippen molar-refractivity contribution in [3.8, 4) is 0 Å². The fourth-order valence-corrected chi connectivity index (χ4v) is 2.25. The van der Waals surface area contributed by atoms with Crippen molar-refractivity contribution in [1.29, 1.82) is 0 Å². The second kappa shape index (κ2) is 26.0. The van der Waals surface area contributed by atoms with Crippen molar-refractivity contribution in [3.05, 3.63) is 0 Å². The molecule has 0 aromatic heterocycles. The molecule has 12 nitrogen and oxygen atoms in total. The van der Waals surface area contributed by atoms with Gasteiger partial charge in [0.15, 0.2) is 0 Å². The molecule has 35 heavy (non-hydrogen) atoms. The summed E-state index contributed by atoms with van der Waals surface area (Å²) in [4.78, 5) is 11.4. The van der Waals surface area contributed by atoms with E-state index in [0.29, 0.717) is 112 Å². The summed E-state index contributed by atoms with van der Waals surface area (Å²) in [5.41, 5.74) is -0.507. The van der Waals surface area contributed by atoms with Gasteiger partial charge in [-0.2, -0.15) is 0 Å². The van der Waals surface area contributed by atoms with E-state index in [2.05, 4.69) is 5.32 Å². The van der Waals surface area contributed by atoms with E-state index >= 15 is 0 Å². The number of hydrogen-bond donors (Lipinski definition) is 2. The Bertz CT molecular complexity index is 450. The van der Waals surface area contributed by atoms with E-state index in [4.69, 9.17) is 47.7 Å². The molecule has 0 atom stereocenters. The number of carbonyl (C=O) groups excluding carboxylic acids is 1. The Labute approximate surface area is 209 Å². The minimum absolute atomic E-state index is 0.0238. The first-order valence-electron chi connectivity index (χ1n) is 12.2. The molecule has 0 radical (unpaired) electrons. The highest BCUT2D eigenvalue weighted by Crippen LogP contribution is 2.06. The van der Waals surface area contributed by atoms with Gasteiger partial charge < -0.3 is 53.1 Å². The number of carbonyl (C=O) groups is 1. The predicted octanol–water partition coefficient (Wildman–Crippen LogP) is 0.636. The molecular weight excluding hydrogens is 466 g/mol. The molecule has 0 unspecified atom stereocenters. The smallest absolute Gasteiger partial charge is 0.407 e. The molecule has 1 amide bonds. The van der Waals surface area contributed by atoms with Crippen molar-refractivity contribution < 1.29 is 52.5 Å². The van der Waals surface area contributed by atoms with Gasteiger partial charge >= 0.3 is 6.09 Å². The Kier molecular flexibility index (Phi) is 25.2. The van der Waals surface area contributed by atoms with Crippen molar-refractivity contribution in [3.63, 3.8) is 0 Å². The van der Waals surface area contributed by atoms with Crippen molar-refractivity contribution >= 4 is 6.09 Å².